The Morgan fingerprint density at radius 2 is 1.96 bits per heavy atom. The summed E-state index contributed by atoms with van der Waals surface area (Å²) >= 11 is 13.1. The van der Waals surface area contributed by atoms with Crippen LogP contribution in [0.3, 0.4) is 0 Å². The van der Waals surface area contributed by atoms with Gasteiger partial charge in [-0.1, -0.05) is 47.1 Å². The number of halogens is 2. The average molecular weight is 394 g/mol. The van der Waals surface area contributed by atoms with E-state index in [2.05, 4.69) is 4.98 Å². The van der Waals surface area contributed by atoms with Crippen LogP contribution in [-0.2, 0) is 4.79 Å². The van der Waals surface area contributed by atoms with E-state index < -0.39 is 11.2 Å². The molecule has 0 fully saturated rings. The molecule has 0 spiro atoms. The van der Waals surface area contributed by atoms with Gasteiger partial charge in [0.2, 0.25) is 0 Å². The molecule has 5 nitrogen and oxygen atoms in total. The molecule has 0 N–H and O–H groups in total. The second-order valence-corrected chi connectivity index (χ2v) is 7.38. The molecule has 1 aromatic heterocycles. The Balaban J connectivity index is 2.32. The van der Waals surface area contributed by atoms with Crippen LogP contribution in [0.1, 0.15) is 6.92 Å². The molecule has 3 rings (SSSR count). The zero-order chi connectivity index (χ0) is 18.1. The first-order valence-electron chi connectivity index (χ1n) is 7.23. The highest BCUT2D eigenvalue weighted by atomic mass is 35.5. The van der Waals surface area contributed by atoms with E-state index in [0.717, 1.165) is 11.8 Å². The van der Waals surface area contributed by atoms with E-state index in [1.165, 1.54) is 17.6 Å². The van der Waals surface area contributed by atoms with Crippen LogP contribution in [-0.4, -0.2) is 20.8 Å². The molecule has 0 amide bonds. The lowest BCUT2D eigenvalue weighted by molar-refractivity contribution is -0.304. The van der Waals surface area contributed by atoms with Crippen molar-refractivity contribution >= 4 is 51.8 Å². The maximum atomic E-state index is 13.0. The van der Waals surface area contributed by atoms with Gasteiger partial charge in [0.25, 0.3) is 5.56 Å². The SMILES string of the molecule is C[C@@H](Sc1nc2ccccc2c(=O)n1-c1ccc(Cl)cc1Cl)C(=O)[O-]. The number of aliphatic carboxylic acids is 1. The van der Waals surface area contributed by atoms with Gasteiger partial charge in [-0.05, 0) is 37.3 Å². The normalized spacial score (nSPS) is 12.3. The Morgan fingerprint density at radius 3 is 2.64 bits per heavy atom. The maximum Gasteiger partial charge on any atom is 0.266 e. The summed E-state index contributed by atoms with van der Waals surface area (Å²) in [5.74, 6) is -1.25. The van der Waals surface area contributed by atoms with Crippen molar-refractivity contribution in [2.45, 2.75) is 17.3 Å². The molecular formula is C17H11Cl2N2O3S-. The summed E-state index contributed by atoms with van der Waals surface area (Å²) in [5, 5.41) is 11.5. The smallest absolute Gasteiger partial charge is 0.266 e. The molecule has 0 radical (unpaired) electrons. The van der Waals surface area contributed by atoms with Crippen molar-refractivity contribution in [3.05, 3.63) is 62.9 Å². The highest BCUT2D eigenvalue weighted by Gasteiger charge is 2.18. The van der Waals surface area contributed by atoms with E-state index in [1.54, 1.807) is 36.4 Å². The minimum atomic E-state index is -1.25. The number of fused-ring (bicyclic) bond motifs is 1. The molecule has 25 heavy (non-hydrogen) atoms. The number of carbonyl (C=O) groups is 1. The van der Waals surface area contributed by atoms with Crippen LogP contribution in [0.5, 0.6) is 0 Å². The van der Waals surface area contributed by atoms with Crippen molar-refractivity contribution in [1.29, 1.82) is 0 Å². The number of carboxylic acids is 1. The van der Waals surface area contributed by atoms with E-state index in [1.807, 2.05) is 0 Å². The quantitative estimate of drug-likeness (QED) is 0.503. The summed E-state index contributed by atoms with van der Waals surface area (Å²) in [6.45, 7) is 1.47. The summed E-state index contributed by atoms with van der Waals surface area (Å²) in [5.41, 5.74) is 0.507. The Labute approximate surface area is 157 Å². The lowest BCUT2D eigenvalue weighted by Gasteiger charge is -2.17. The van der Waals surface area contributed by atoms with Crippen LogP contribution in [0.2, 0.25) is 10.0 Å². The highest BCUT2D eigenvalue weighted by Crippen LogP contribution is 2.29. The Hall–Kier alpha value is -2.02. The standard InChI is InChI=1S/C17H12Cl2N2O3S/c1-9(16(23)24)25-17-20-13-5-3-2-4-11(13)15(22)21(17)14-7-6-10(18)8-12(14)19/h2-9H,1H3,(H,23,24)/p-1/t9-/m1/s1. The predicted molar refractivity (Wildman–Crippen MR) is 97.7 cm³/mol. The van der Waals surface area contributed by atoms with Gasteiger partial charge < -0.3 is 9.90 Å². The van der Waals surface area contributed by atoms with Gasteiger partial charge in [0.15, 0.2) is 5.16 Å². The fraction of sp³-hybridized carbons (Fsp3) is 0.118. The molecule has 2 aromatic carbocycles. The van der Waals surface area contributed by atoms with Crippen LogP contribution in [0.15, 0.2) is 52.4 Å². The minimum Gasteiger partial charge on any atom is -0.549 e. The highest BCUT2D eigenvalue weighted by molar-refractivity contribution is 8.00. The van der Waals surface area contributed by atoms with E-state index in [0.29, 0.717) is 21.6 Å². The first-order valence-corrected chi connectivity index (χ1v) is 8.87. The summed E-state index contributed by atoms with van der Waals surface area (Å²) in [4.78, 5) is 28.6. The number of nitrogens with zero attached hydrogens (tertiary/aromatic N) is 2. The molecule has 8 heteroatoms. The van der Waals surface area contributed by atoms with Gasteiger partial charge in [0.1, 0.15) is 0 Å². The Kier molecular flexibility index (Phi) is 5.03. The van der Waals surface area contributed by atoms with Crippen LogP contribution in [0, 0.1) is 0 Å². The molecule has 3 aromatic rings. The van der Waals surface area contributed by atoms with E-state index >= 15 is 0 Å². The minimum absolute atomic E-state index is 0.213. The van der Waals surface area contributed by atoms with Gasteiger partial charge in [0, 0.05) is 10.3 Å². The molecule has 0 aliphatic rings. The largest absolute Gasteiger partial charge is 0.549 e. The second-order valence-electron chi connectivity index (χ2n) is 5.23. The molecule has 0 unspecified atom stereocenters. The van der Waals surface area contributed by atoms with Gasteiger partial charge in [-0.2, -0.15) is 0 Å². The molecule has 0 bridgehead atoms. The Morgan fingerprint density at radius 1 is 1.24 bits per heavy atom. The van der Waals surface area contributed by atoms with Crippen molar-refractivity contribution < 1.29 is 9.90 Å². The number of hydrogen-bond donors (Lipinski definition) is 0. The average Bonchev–Trinajstić information content (AvgIpc) is 2.56. The van der Waals surface area contributed by atoms with Crippen molar-refractivity contribution in [2.75, 3.05) is 0 Å². The number of para-hydroxylation sites is 1. The number of carbonyl (C=O) groups excluding carboxylic acids is 1. The second kappa shape index (κ2) is 7.07. The fourth-order valence-electron chi connectivity index (χ4n) is 2.27. The number of thioether (sulfide) groups is 1. The van der Waals surface area contributed by atoms with Crippen LogP contribution >= 0.6 is 35.0 Å². The third-order valence-electron chi connectivity index (χ3n) is 3.51. The molecule has 0 aliphatic heterocycles. The lowest BCUT2D eigenvalue weighted by Crippen LogP contribution is -2.32. The van der Waals surface area contributed by atoms with Gasteiger partial charge >= 0.3 is 0 Å². The third-order valence-corrected chi connectivity index (χ3v) is 5.08. The van der Waals surface area contributed by atoms with Crippen LogP contribution in [0.4, 0.5) is 0 Å². The summed E-state index contributed by atoms with van der Waals surface area (Å²) < 4.78 is 1.30. The van der Waals surface area contributed by atoms with Gasteiger partial charge in [-0.25, -0.2) is 4.98 Å². The topological polar surface area (TPSA) is 75.0 Å². The van der Waals surface area contributed by atoms with Crippen molar-refractivity contribution in [3.63, 3.8) is 0 Å². The van der Waals surface area contributed by atoms with Gasteiger partial charge in [0.05, 0.1) is 27.6 Å². The molecule has 128 valence electrons. The number of aromatic nitrogens is 2. The zero-order valence-electron chi connectivity index (χ0n) is 12.9. The van der Waals surface area contributed by atoms with Gasteiger partial charge in [-0.15, -0.1) is 0 Å². The number of benzene rings is 2. The predicted octanol–water partition coefficient (Wildman–Crippen LogP) is 2.92. The van der Waals surface area contributed by atoms with E-state index in [-0.39, 0.29) is 15.7 Å². The monoisotopic (exact) mass is 393 g/mol. The summed E-state index contributed by atoms with van der Waals surface area (Å²) in [6.07, 6.45) is 0. The summed E-state index contributed by atoms with van der Waals surface area (Å²) in [6, 6.07) is 11.5. The molecule has 0 aliphatic carbocycles. The molecular weight excluding hydrogens is 383 g/mol. The number of rotatable bonds is 4. The maximum absolute atomic E-state index is 13.0. The zero-order valence-corrected chi connectivity index (χ0v) is 15.2. The summed E-state index contributed by atoms with van der Waals surface area (Å²) in [7, 11) is 0. The molecule has 1 heterocycles. The molecule has 1 atom stereocenters. The molecule has 0 saturated carbocycles. The van der Waals surface area contributed by atoms with E-state index in [4.69, 9.17) is 23.2 Å². The fourth-order valence-corrected chi connectivity index (χ4v) is 3.62. The van der Waals surface area contributed by atoms with E-state index in [9.17, 15) is 14.7 Å². The lowest BCUT2D eigenvalue weighted by atomic mass is 10.2. The molecule has 0 saturated heterocycles. The van der Waals surface area contributed by atoms with Crippen LogP contribution in [0.25, 0.3) is 16.6 Å². The first kappa shape index (κ1) is 17.8. The third kappa shape index (κ3) is 3.51. The number of carboxylic acid groups (broad SMARTS) is 1. The van der Waals surface area contributed by atoms with Gasteiger partial charge in [-0.3, -0.25) is 9.36 Å². The van der Waals surface area contributed by atoms with Crippen molar-refractivity contribution in [1.82, 2.24) is 9.55 Å². The number of hydrogen-bond acceptors (Lipinski definition) is 5. The Bertz CT molecular complexity index is 1040. The van der Waals surface area contributed by atoms with Crippen LogP contribution < -0.4 is 10.7 Å². The van der Waals surface area contributed by atoms with Crippen molar-refractivity contribution in [2.24, 2.45) is 0 Å². The first-order chi connectivity index (χ1) is 11.9. The van der Waals surface area contributed by atoms with Crippen molar-refractivity contribution in [3.8, 4) is 5.69 Å².